The minimum Gasteiger partial charge on any atom is -0.493 e. The first-order valence-corrected chi connectivity index (χ1v) is 11.9. The van der Waals surface area contributed by atoms with E-state index in [0.29, 0.717) is 57.6 Å². The molecule has 37 heavy (non-hydrogen) atoms. The molecule has 2 aromatic rings. The van der Waals surface area contributed by atoms with Crippen LogP contribution in [0.1, 0.15) is 38.0 Å². The van der Waals surface area contributed by atoms with Gasteiger partial charge in [-0.05, 0) is 43.9 Å². The Labute approximate surface area is 217 Å². The molecule has 0 fully saturated rings. The van der Waals surface area contributed by atoms with Gasteiger partial charge < -0.3 is 38.3 Å². The van der Waals surface area contributed by atoms with Gasteiger partial charge in [0.1, 0.15) is 5.60 Å². The van der Waals surface area contributed by atoms with Crippen LogP contribution in [0.15, 0.2) is 24.3 Å². The van der Waals surface area contributed by atoms with E-state index in [9.17, 15) is 9.90 Å². The summed E-state index contributed by atoms with van der Waals surface area (Å²) in [6.07, 6.45) is 2.18. The highest BCUT2D eigenvalue weighted by Crippen LogP contribution is 2.58. The fourth-order valence-electron chi connectivity index (χ4n) is 4.87. The fourth-order valence-corrected chi connectivity index (χ4v) is 4.87. The van der Waals surface area contributed by atoms with Crippen molar-refractivity contribution < 1.29 is 43.1 Å². The van der Waals surface area contributed by atoms with Gasteiger partial charge in [0.15, 0.2) is 29.1 Å². The summed E-state index contributed by atoms with van der Waals surface area (Å²) in [5, 5.41) is 11.9. The maximum Gasteiger partial charge on any atom is 0.331 e. The van der Waals surface area contributed by atoms with Gasteiger partial charge in [-0.25, -0.2) is 4.79 Å². The lowest BCUT2D eigenvalue weighted by atomic mass is 9.73. The molecule has 0 heterocycles. The van der Waals surface area contributed by atoms with Crippen LogP contribution in [0.4, 0.5) is 0 Å². The average molecular weight is 517 g/mol. The zero-order valence-corrected chi connectivity index (χ0v) is 22.9. The van der Waals surface area contributed by atoms with Crippen LogP contribution >= 0.6 is 0 Å². The Bertz CT molecular complexity index is 1180. The third-order valence-electron chi connectivity index (χ3n) is 6.90. The predicted molar refractivity (Wildman–Crippen MR) is 138 cm³/mol. The monoisotopic (exact) mass is 516 g/mol. The number of hydrogen-bond acceptors (Lipinski definition) is 9. The normalized spacial score (nSPS) is 20.7. The molecular formula is C28H36O9. The van der Waals surface area contributed by atoms with Crippen molar-refractivity contribution >= 4 is 5.97 Å². The van der Waals surface area contributed by atoms with Gasteiger partial charge in [0.05, 0.1) is 42.7 Å². The molecule has 3 rings (SSSR count). The molecule has 0 unspecified atom stereocenters. The van der Waals surface area contributed by atoms with E-state index in [-0.39, 0.29) is 5.92 Å². The molecule has 0 aliphatic heterocycles. The second-order valence-electron chi connectivity index (χ2n) is 8.94. The number of aliphatic hydroxyl groups is 1. The van der Waals surface area contributed by atoms with Gasteiger partial charge in [0.25, 0.3) is 0 Å². The van der Waals surface area contributed by atoms with Crippen molar-refractivity contribution in [3.63, 3.8) is 0 Å². The van der Waals surface area contributed by atoms with E-state index in [0.717, 1.165) is 5.56 Å². The highest BCUT2D eigenvalue weighted by Gasteiger charge is 2.46. The number of carbonyl (C=O) groups excluding carboxylic acids is 1. The van der Waals surface area contributed by atoms with Crippen molar-refractivity contribution in [1.82, 2.24) is 0 Å². The Morgan fingerprint density at radius 3 is 1.86 bits per heavy atom. The molecule has 202 valence electrons. The molecule has 9 nitrogen and oxygen atoms in total. The zero-order chi connectivity index (χ0) is 27.5. The summed E-state index contributed by atoms with van der Waals surface area (Å²) in [5.74, 6) is 1.28. The Balaban J connectivity index is 2.60. The Morgan fingerprint density at radius 1 is 0.865 bits per heavy atom. The standard InChI is InChI=1S/C28H36O9/c1-10-11-20(29)37-27-17-14-19(32-5)24(34-7)26(36-9)22(17)21-16(12-15(2)28(27,3)30)13-18(31-4)23(33-6)25(21)35-8/h10-11,13-15,27,30H,12H2,1-9H3/b11-10-/t15-,27-,28-/m0/s1. The van der Waals surface area contributed by atoms with E-state index in [1.165, 1.54) is 41.6 Å². The van der Waals surface area contributed by atoms with E-state index in [4.69, 9.17) is 33.2 Å². The summed E-state index contributed by atoms with van der Waals surface area (Å²) in [4.78, 5) is 12.7. The number of rotatable bonds is 8. The number of fused-ring (bicyclic) bond motifs is 3. The van der Waals surface area contributed by atoms with Crippen LogP contribution in [-0.4, -0.2) is 59.3 Å². The number of ether oxygens (including phenoxy) is 7. The van der Waals surface area contributed by atoms with Crippen molar-refractivity contribution in [1.29, 1.82) is 0 Å². The van der Waals surface area contributed by atoms with Gasteiger partial charge >= 0.3 is 5.97 Å². The fraction of sp³-hybridized carbons (Fsp3) is 0.464. The molecule has 0 radical (unpaired) electrons. The molecular weight excluding hydrogens is 480 g/mol. The van der Waals surface area contributed by atoms with Gasteiger partial charge in [0, 0.05) is 22.8 Å². The quantitative estimate of drug-likeness (QED) is 0.401. The van der Waals surface area contributed by atoms with Crippen LogP contribution in [0.2, 0.25) is 0 Å². The number of carbonyl (C=O) groups is 1. The summed E-state index contributed by atoms with van der Waals surface area (Å²) in [7, 11) is 9.11. The van der Waals surface area contributed by atoms with Gasteiger partial charge in [-0.15, -0.1) is 0 Å². The predicted octanol–water partition coefficient (Wildman–Crippen LogP) is 4.51. The molecule has 0 aromatic heterocycles. The van der Waals surface area contributed by atoms with Crippen LogP contribution in [-0.2, 0) is 16.0 Å². The Morgan fingerprint density at radius 2 is 1.38 bits per heavy atom. The second-order valence-corrected chi connectivity index (χ2v) is 8.94. The number of benzene rings is 2. The Hall–Kier alpha value is -3.59. The molecule has 3 atom stereocenters. The largest absolute Gasteiger partial charge is 0.493 e. The lowest BCUT2D eigenvalue weighted by Gasteiger charge is -2.41. The molecule has 0 amide bonds. The summed E-state index contributed by atoms with van der Waals surface area (Å²) in [5.41, 5.74) is 0.929. The highest BCUT2D eigenvalue weighted by molar-refractivity contribution is 5.89. The third kappa shape index (κ3) is 4.75. The number of allylic oxidation sites excluding steroid dienone is 1. The van der Waals surface area contributed by atoms with E-state index in [2.05, 4.69) is 0 Å². The number of esters is 1. The molecule has 0 saturated heterocycles. The number of hydrogen-bond donors (Lipinski definition) is 1. The second kappa shape index (κ2) is 11.2. The van der Waals surface area contributed by atoms with Crippen molar-refractivity contribution in [2.24, 2.45) is 5.92 Å². The summed E-state index contributed by atoms with van der Waals surface area (Å²) in [6, 6.07) is 3.55. The van der Waals surface area contributed by atoms with Crippen molar-refractivity contribution in [3.05, 3.63) is 35.4 Å². The summed E-state index contributed by atoms with van der Waals surface area (Å²) < 4.78 is 40.3. The molecule has 1 N–H and O–H groups in total. The molecule has 0 spiro atoms. The lowest BCUT2D eigenvalue weighted by molar-refractivity contribution is -0.165. The van der Waals surface area contributed by atoms with Gasteiger partial charge in [0.2, 0.25) is 11.5 Å². The van der Waals surface area contributed by atoms with Gasteiger partial charge in [-0.1, -0.05) is 13.0 Å². The van der Waals surface area contributed by atoms with E-state index in [1.54, 1.807) is 33.1 Å². The smallest absolute Gasteiger partial charge is 0.331 e. The zero-order valence-electron chi connectivity index (χ0n) is 22.9. The van der Waals surface area contributed by atoms with E-state index < -0.39 is 17.7 Å². The van der Waals surface area contributed by atoms with Crippen molar-refractivity contribution in [3.8, 4) is 45.6 Å². The summed E-state index contributed by atoms with van der Waals surface area (Å²) >= 11 is 0. The minimum absolute atomic E-state index is 0.320. The van der Waals surface area contributed by atoms with Gasteiger partial charge in [-0.2, -0.15) is 0 Å². The van der Waals surface area contributed by atoms with Crippen LogP contribution in [0.25, 0.3) is 11.1 Å². The van der Waals surface area contributed by atoms with Crippen molar-refractivity contribution in [2.45, 2.75) is 38.9 Å². The topological polar surface area (TPSA) is 102 Å². The lowest BCUT2D eigenvalue weighted by Crippen LogP contribution is -2.43. The third-order valence-corrected chi connectivity index (χ3v) is 6.90. The summed E-state index contributed by atoms with van der Waals surface area (Å²) in [6.45, 7) is 5.26. The molecule has 1 aliphatic rings. The van der Waals surface area contributed by atoms with Crippen molar-refractivity contribution in [2.75, 3.05) is 42.7 Å². The van der Waals surface area contributed by atoms with Gasteiger partial charge in [-0.3, -0.25) is 0 Å². The molecule has 1 aliphatic carbocycles. The first kappa shape index (κ1) is 28.0. The maximum atomic E-state index is 12.7. The molecule has 0 saturated carbocycles. The van der Waals surface area contributed by atoms with Crippen LogP contribution < -0.4 is 28.4 Å². The SMILES string of the molecule is C/C=C\C(=O)O[C@H]1c2cc(OC)c(OC)c(OC)c2-c2c(cc(OC)c(OC)c2OC)C[C@H](C)[C@]1(C)O. The van der Waals surface area contributed by atoms with E-state index in [1.807, 2.05) is 13.0 Å². The molecule has 0 bridgehead atoms. The maximum absolute atomic E-state index is 12.7. The molecule has 9 heteroatoms. The minimum atomic E-state index is -1.49. The van der Waals surface area contributed by atoms with Crippen LogP contribution in [0, 0.1) is 5.92 Å². The Kier molecular flexibility index (Phi) is 8.48. The highest BCUT2D eigenvalue weighted by atomic mass is 16.6. The van der Waals surface area contributed by atoms with E-state index >= 15 is 0 Å². The first-order valence-electron chi connectivity index (χ1n) is 11.9. The van der Waals surface area contributed by atoms with Crippen LogP contribution in [0.5, 0.6) is 34.5 Å². The van der Waals surface area contributed by atoms with Crippen LogP contribution in [0.3, 0.4) is 0 Å². The average Bonchev–Trinajstić information content (AvgIpc) is 2.89. The first-order chi connectivity index (χ1) is 17.6. The molecule has 2 aromatic carbocycles. The number of methoxy groups -OCH3 is 6.